The zero-order valence-electron chi connectivity index (χ0n) is 15.7. The lowest BCUT2D eigenvalue weighted by Gasteiger charge is -2.39. The molecule has 5 rings (SSSR count). The van der Waals surface area contributed by atoms with Crippen molar-refractivity contribution in [3.05, 3.63) is 54.1 Å². The van der Waals surface area contributed by atoms with Crippen LogP contribution in [0.4, 0.5) is 0 Å². The van der Waals surface area contributed by atoms with Crippen molar-refractivity contribution in [2.24, 2.45) is 0 Å². The summed E-state index contributed by atoms with van der Waals surface area (Å²) in [6.07, 6.45) is 1.43. The Morgan fingerprint density at radius 2 is 1.86 bits per heavy atom. The van der Waals surface area contributed by atoms with Gasteiger partial charge >= 0.3 is 0 Å². The summed E-state index contributed by atoms with van der Waals surface area (Å²) < 4.78 is 5.67. The summed E-state index contributed by atoms with van der Waals surface area (Å²) in [5.74, 6) is 0.425. The van der Waals surface area contributed by atoms with Crippen molar-refractivity contribution < 1.29 is 19.1 Å². The Kier molecular flexibility index (Phi) is 4.86. The van der Waals surface area contributed by atoms with E-state index in [-0.39, 0.29) is 23.6 Å². The van der Waals surface area contributed by atoms with Crippen LogP contribution in [0.5, 0.6) is 5.75 Å². The second kappa shape index (κ2) is 7.46. The molecule has 2 amide bonds. The highest BCUT2D eigenvalue weighted by Gasteiger charge is 2.38. The first-order valence-corrected chi connectivity index (χ1v) is 9.48. The Morgan fingerprint density at radius 3 is 2.43 bits per heavy atom. The number of β-lactam (4-membered cyclic amide) rings is 1. The highest BCUT2D eigenvalue weighted by Crippen LogP contribution is 2.32. The Balaban J connectivity index is 0.000000268. The molecule has 1 saturated heterocycles. The lowest BCUT2D eigenvalue weighted by atomic mass is 9.96. The van der Waals surface area contributed by atoms with E-state index >= 15 is 0 Å². The largest absolute Gasteiger partial charge is 0.482 e. The molecule has 2 atom stereocenters. The van der Waals surface area contributed by atoms with E-state index < -0.39 is 6.10 Å². The summed E-state index contributed by atoms with van der Waals surface area (Å²) in [7, 11) is 0. The number of amides is 2. The number of fused-ring (bicyclic) bond motifs is 2. The van der Waals surface area contributed by atoms with Crippen LogP contribution in [0.25, 0.3) is 11.1 Å². The topological polar surface area (TPSA) is 75.7 Å². The third-order valence-electron chi connectivity index (χ3n) is 5.16. The quantitative estimate of drug-likeness (QED) is 0.693. The summed E-state index contributed by atoms with van der Waals surface area (Å²) in [4.78, 5) is 34.7. The lowest BCUT2D eigenvalue weighted by Crippen LogP contribution is -2.60. The number of benzene rings is 2. The van der Waals surface area contributed by atoms with E-state index in [1.54, 1.807) is 0 Å². The molecule has 2 aliphatic heterocycles. The van der Waals surface area contributed by atoms with Gasteiger partial charge in [-0.05, 0) is 35.2 Å². The molecule has 1 fully saturated rings. The first-order chi connectivity index (χ1) is 13.5. The van der Waals surface area contributed by atoms with Crippen LogP contribution in [0.15, 0.2) is 48.5 Å². The van der Waals surface area contributed by atoms with E-state index in [1.807, 2.05) is 24.3 Å². The molecule has 0 spiro atoms. The number of hydrogen-bond acceptors (Lipinski definition) is 4. The molecular weight excluding hydrogens is 356 g/mol. The number of hydrazine groups is 1. The van der Waals surface area contributed by atoms with Gasteiger partial charge in [0.05, 0.1) is 12.5 Å². The van der Waals surface area contributed by atoms with Gasteiger partial charge in [-0.1, -0.05) is 36.4 Å². The molecule has 6 nitrogen and oxygen atoms in total. The maximum atomic E-state index is 12.3. The molecule has 6 heteroatoms. The van der Waals surface area contributed by atoms with Crippen molar-refractivity contribution in [2.75, 3.05) is 0 Å². The number of nitrogens with zero attached hydrogens (tertiary/aromatic N) is 1. The number of carbonyl (C=O) groups is 3. The predicted molar refractivity (Wildman–Crippen MR) is 103 cm³/mol. The molecule has 4 aliphatic rings. The Bertz CT molecular complexity index is 897. The van der Waals surface area contributed by atoms with Gasteiger partial charge in [-0.15, -0.1) is 0 Å². The van der Waals surface area contributed by atoms with Crippen molar-refractivity contribution in [1.82, 2.24) is 10.4 Å². The number of Topliss-reactive ketones (excluding diaryl/α,β-unsaturated/α-hetero) is 1. The maximum absolute atomic E-state index is 12.3. The van der Waals surface area contributed by atoms with Crippen LogP contribution in [0, 0.1) is 0 Å². The molecule has 0 aromatic heterocycles. The van der Waals surface area contributed by atoms with Gasteiger partial charge in [0.2, 0.25) is 11.8 Å². The van der Waals surface area contributed by atoms with Gasteiger partial charge in [-0.3, -0.25) is 24.8 Å². The van der Waals surface area contributed by atoms with Crippen molar-refractivity contribution in [3.63, 3.8) is 0 Å². The Labute approximate surface area is 163 Å². The third kappa shape index (κ3) is 3.91. The fourth-order valence-corrected chi connectivity index (χ4v) is 3.54. The number of para-hydroxylation sites is 1. The number of carbonyl (C=O) groups excluding carboxylic acids is 3. The predicted octanol–water partition coefficient (Wildman–Crippen LogP) is 2.66. The standard InChI is InChI=1S/C16H18N2O4.C6H4/c1-10(19)17-18-12(9-16(18)21)6-7-13(20)15-8-11-4-2-3-5-14(11)22-15;1-2-5-4-6(5)3-1/h2-5,12,15H,6-9H2,1H3,(H,17,19);1-4H/t12-,15?;/m1./s1. The summed E-state index contributed by atoms with van der Waals surface area (Å²) in [5.41, 5.74) is 6.40. The Hall–Kier alpha value is -3.15. The van der Waals surface area contributed by atoms with E-state index in [2.05, 4.69) is 29.7 Å². The first-order valence-electron chi connectivity index (χ1n) is 9.48. The molecule has 1 aromatic carbocycles. The molecule has 0 saturated carbocycles. The van der Waals surface area contributed by atoms with Gasteiger partial charge in [-0.2, -0.15) is 0 Å². The van der Waals surface area contributed by atoms with Gasteiger partial charge in [-0.25, -0.2) is 0 Å². The molecule has 28 heavy (non-hydrogen) atoms. The van der Waals surface area contributed by atoms with Crippen LogP contribution in [0.1, 0.15) is 31.7 Å². The zero-order chi connectivity index (χ0) is 19.7. The van der Waals surface area contributed by atoms with Crippen LogP contribution < -0.4 is 10.2 Å². The summed E-state index contributed by atoms with van der Waals surface area (Å²) >= 11 is 0. The number of ketones is 1. The minimum absolute atomic E-state index is 0.0401. The molecular formula is C22H22N2O4. The second-order valence-electron chi connectivity index (χ2n) is 7.29. The summed E-state index contributed by atoms with van der Waals surface area (Å²) in [6.45, 7) is 1.36. The molecule has 1 N–H and O–H groups in total. The number of hydrogen-bond donors (Lipinski definition) is 1. The number of ether oxygens (including phenoxy) is 1. The zero-order valence-corrected chi connectivity index (χ0v) is 15.7. The smallest absolute Gasteiger partial charge is 0.243 e. The van der Waals surface area contributed by atoms with E-state index in [0.29, 0.717) is 25.7 Å². The van der Waals surface area contributed by atoms with Crippen molar-refractivity contribution in [1.29, 1.82) is 0 Å². The van der Waals surface area contributed by atoms with Crippen LogP contribution in [0.2, 0.25) is 0 Å². The van der Waals surface area contributed by atoms with Gasteiger partial charge in [0.25, 0.3) is 0 Å². The van der Waals surface area contributed by atoms with Gasteiger partial charge in [0.1, 0.15) is 5.75 Å². The number of rotatable bonds is 5. The first kappa shape index (κ1) is 18.2. The highest BCUT2D eigenvalue weighted by molar-refractivity contribution is 5.87. The van der Waals surface area contributed by atoms with Crippen LogP contribution in [-0.2, 0) is 20.8 Å². The molecule has 144 valence electrons. The van der Waals surface area contributed by atoms with E-state index in [4.69, 9.17) is 4.74 Å². The molecule has 0 bridgehead atoms. The minimum Gasteiger partial charge on any atom is -0.482 e. The average Bonchev–Trinajstić information content (AvgIpc) is 3.08. The van der Waals surface area contributed by atoms with Crippen LogP contribution >= 0.6 is 0 Å². The maximum Gasteiger partial charge on any atom is 0.243 e. The van der Waals surface area contributed by atoms with Gasteiger partial charge in [0.15, 0.2) is 11.9 Å². The molecule has 1 unspecified atom stereocenters. The third-order valence-corrected chi connectivity index (χ3v) is 5.16. The SMILES string of the molecule is CC(=O)NN1C(=O)C[C@H]1CCC(=O)C1Cc2ccccc2O1.c1cc2cc-2c1. The van der Waals surface area contributed by atoms with Crippen LogP contribution in [0.3, 0.4) is 0 Å². The molecule has 2 aliphatic carbocycles. The normalized spacial score (nSPS) is 20.2. The average molecular weight is 378 g/mol. The summed E-state index contributed by atoms with van der Waals surface area (Å²) in [6, 6.07) is 16.0. The van der Waals surface area contributed by atoms with Gasteiger partial charge in [0, 0.05) is 19.8 Å². The fourth-order valence-electron chi connectivity index (χ4n) is 3.54. The van der Waals surface area contributed by atoms with E-state index in [9.17, 15) is 14.4 Å². The number of nitrogens with one attached hydrogen (secondary N) is 1. The van der Waals surface area contributed by atoms with E-state index in [0.717, 1.165) is 11.3 Å². The van der Waals surface area contributed by atoms with Crippen molar-refractivity contribution in [2.45, 2.75) is 44.8 Å². The highest BCUT2D eigenvalue weighted by atomic mass is 16.5. The second-order valence-corrected chi connectivity index (χ2v) is 7.29. The fraction of sp³-hybridized carbons (Fsp3) is 0.318. The minimum atomic E-state index is -0.428. The molecule has 2 heterocycles. The van der Waals surface area contributed by atoms with Crippen molar-refractivity contribution in [3.8, 4) is 16.9 Å². The van der Waals surface area contributed by atoms with E-state index in [1.165, 1.54) is 23.1 Å². The van der Waals surface area contributed by atoms with Gasteiger partial charge < -0.3 is 4.74 Å². The molecule has 0 radical (unpaired) electrons. The molecule has 1 aromatic rings. The Morgan fingerprint density at radius 1 is 1.11 bits per heavy atom. The van der Waals surface area contributed by atoms with Crippen molar-refractivity contribution >= 4 is 17.6 Å². The monoisotopic (exact) mass is 378 g/mol. The lowest BCUT2D eigenvalue weighted by molar-refractivity contribution is -0.157. The van der Waals surface area contributed by atoms with Crippen LogP contribution in [-0.4, -0.2) is 34.8 Å². The summed E-state index contributed by atoms with van der Waals surface area (Å²) in [5, 5.41) is 1.32.